The molecule has 7 heteroatoms. The van der Waals surface area contributed by atoms with Gasteiger partial charge in [0.2, 0.25) is 5.91 Å². The highest BCUT2D eigenvalue weighted by molar-refractivity contribution is 5.92. The van der Waals surface area contributed by atoms with Crippen LogP contribution in [-0.4, -0.2) is 25.7 Å². The number of carbonyl (C=O) groups excluding carboxylic acids is 1. The van der Waals surface area contributed by atoms with Gasteiger partial charge in [0, 0.05) is 29.3 Å². The number of rotatable bonds is 6. The van der Waals surface area contributed by atoms with Crippen LogP contribution in [0.4, 0.5) is 10.1 Å². The van der Waals surface area contributed by atoms with Crippen molar-refractivity contribution in [1.29, 1.82) is 0 Å². The summed E-state index contributed by atoms with van der Waals surface area (Å²) in [6, 6.07) is 11.4. The number of amides is 1. The van der Waals surface area contributed by atoms with Gasteiger partial charge in [0.15, 0.2) is 0 Å². The normalized spacial score (nSPS) is 25.4. The first-order chi connectivity index (χ1) is 18.5. The molecule has 3 aliphatic carbocycles. The Kier molecular flexibility index (Phi) is 5.75. The molecule has 5 atom stereocenters. The van der Waals surface area contributed by atoms with Crippen LogP contribution >= 0.6 is 0 Å². The lowest BCUT2D eigenvalue weighted by Crippen LogP contribution is -2.26. The fourth-order valence-corrected chi connectivity index (χ4v) is 6.94. The molecule has 0 saturated heterocycles. The first-order valence-corrected chi connectivity index (χ1v) is 13.9. The molecular weight excluding hydrogens is 477 g/mol. The fourth-order valence-electron chi connectivity index (χ4n) is 6.94. The van der Waals surface area contributed by atoms with Crippen molar-refractivity contribution in [3.63, 3.8) is 0 Å². The van der Waals surface area contributed by atoms with Gasteiger partial charge in [0.1, 0.15) is 5.82 Å². The van der Waals surface area contributed by atoms with Crippen LogP contribution in [-0.2, 0) is 4.79 Å². The van der Waals surface area contributed by atoms with Crippen LogP contribution in [0.25, 0.3) is 22.2 Å². The molecular formula is C31H32FN5O. The SMILES string of the molecule is CC(C(=O)Nc1ccc(-c2cnn(C3CC3)c2)nc1)[C@H]1C[C@H]2CC(c3ccnc4ccc(F)cc34)C[C@H]2C1. The predicted molar refractivity (Wildman–Crippen MR) is 145 cm³/mol. The van der Waals surface area contributed by atoms with Gasteiger partial charge in [0.25, 0.3) is 0 Å². The zero-order valence-electron chi connectivity index (χ0n) is 21.6. The molecule has 0 spiro atoms. The van der Waals surface area contributed by atoms with Gasteiger partial charge in [-0.25, -0.2) is 4.39 Å². The van der Waals surface area contributed by atoms with Crippen LogP contribution in [0.1, 0.15) is 63.0 Å². The molecule has 1 N–H and O–H groups in total. The summed E-state index contributed by atoms with van der Waals surface area (Å²) in [4.78, 5) is 22.1. The summed E-state index contributed by atoms with van der Waals surface area (Å²) >= 11 is 0. The molecule has 3 aliphatic rings. The third kappa shape index (κ3) is 4.38. The van der Waals surface area contributed by atoms with Crippen molar-refractivity contribution < 1.29 is 9.18 Å². The van der Waals surface area contributed by atoms with E-state index in [0.717, 1.165) is 53.5 Å². The third-order valence-corrected chi connectivity index (χ3v) is 9.20. The number of fused-ring (bicyclic) bond motifs is 2. The van der Waals surface area contributed by atoms with Crippen molar-refractivity contribution in [2.75, 3.05) is 5.32 Å². The maximum Gasteiger partial charge on any atom is 0.227 e. The highest BCUT2D eigenvalue weighted by Crippen LogP contribution is 2.54. The van der Waals surface area contributed by atoms with Crippen LogP contribution in [0.15, 0.2) is 61.2 Å². The molecule has 3 saturated carbocycles. The molecule has 3 aromatic heterocycles. The Morgan fingerprint density at radius 1 is 1.03 bits per heavy atom. The smallest absolute Gasteiger partial charge is 0.227 e. The Hall–Kier alpha value is -3.61. The molecule has 0 radical (unpaired) electrons. The minimum Gasteiger partial charge on any atom is -0.324 e. The van der Waals surface area contributed by atoms with E-state index in [1.807, 2.05) is 29.2 Å². The lowest BCUT2D eigenvalue weighted by molar-refractivity contribution is -0.120. The average Bonchev–Trinajstić information content (AvgIpc) is 3.32. The van der Waals surface area contributed by atoms with Gasteiger partial charge in [-0.05, 0) is 104 Å². The topological polar surface area (TPSA) is 72.7 Å². The maximum atomic E-state index is 14.0. The molecule has 2 unspecified atom stereocenters. The fraction of sp³-hybridized carbons (Fsp3) is 0.419. The van der Waals surface area contributed by atoms with Crippen molar-refractivity contribution >= 4 is 22.5 Å². The molecule has 0 bridgehead atoms. The maximum absolute atomic E-state index is 14.0. The minimum atomic E-state index is -0.209. The summed E-state index contributed by atoms with van der Waals surface area (Å²) in [6.45, 7) is 2.06. The molecule has 3 fully saturated rings. The third-order valence-electron chi connectivity index (χ3n) is 9.20. The van der Waals surface area contributed by atoms with E-state index in [4.69, 9.17) is 0 Å². The number of benzene rings is 1. The molecule has 38 heavy (non-hydrogen) atoms. The highest BCUT2D eigenvalue weighted by Gasteiger charge is 2.44. The Bertz CT molecular complexity index is 1480. The minimum absolute atomic E-state index is 0.0497. The van der Waals surface area contributed by atoms with Crippen molar-refractivity contribution in [3.05, 3.63) is 72.6 Å². The Balaban J connectivity index is 0.967. The highest BCUT2D eigenvalue weighted by atomic mass is 19.1. The molecule has 1 amide bonds. The molecule has 1 aromatic carbocycles. The van der Waals surface area contributed by atoms with Crippen LogP contribution in [0.3, 0.4) is 0 Å². The molecule has 3 heterocycles. The van der Waals surface area contributed by atoms with E-state index < -0.39 is 0 Å². The van der Waals surface area contributed by atoms with Crippen LogP contribution in [0.5, 0.6) is 0 Å². The standard InChI is InChI=1S/C31H32FN5O/c1-18(31(38)36-25-3-7-29(34-16-25)23-15-35-37(17-23)26-4-5-26)19-10-20-12-22(13-21(20)11-19)27-8-9-33-30-6-2-24(32)14-28(27)30/h2-3,6-9,14-22,26H,4-5,10-13H2,1H3,(H,36,38)/t18?,19-,20-,21+,22?. The van der Waals surface area contributed by atoms with E-state index in [2.05, 4.69) is 39.6 Å². The summed E-state index contributed by atoms with van der Waals surface area (Å²) in [7, 11) is 0. The molecule has 6 nitrogen and oxygen atoms in total. The van der Waals surface area contributed by atoms with Gasteiger partial charge in [-0.3, -0.25) is 19.4 Å². The quantitative estimate of drug-likeness (QED) is 0.312. The lowest BCUT2D eigenvalue weighted by atomic mass is 9.86. The number of hydrogen-bond donors (Lipinski definition) is 1. The average molecular weight is 510 g/mol. The van der Waals surface area contributed by atoms with Gasteiger partial charge >= 0.3 is 0 Å². The van der Waals surface area contributed by atoms with Crippen LogP contribution in [0.2, 0.25) is 0 Å². The van der Waals surface area contributed by atoms with Crippen LogP contribution in [0, 0.1) is 29.5 Å². The zero-order valence-corrected chi connectivity index (χ0v) is 21.6. The van der Waals surface area contributed by atoms with Gasteiger partial charge in [0.05, 0.1) is 35.3 Å². The number of nitrogens with zero attached hydrogens (tertiary/aromatic N) is 4. The second-order valence-corrected chi connectivity index (χ2v) is 11.6. The number of pyridine rings is 2. The number of hydrogen-bond acceptors (Lipinski definition) is 4. The molecule has 194 valence electrons. The van der Waals surface area contributed by atoms with Crippen LogP contribution < -0.4 is 5.32 Å². The number of anilines is 1. The number of carbonyl (C=O) groups is 1. The summed E-state index contributed by atoms with van der Waals surface area (Å²) in [5, 5.41) is 8.48. The molecule has 4 aromatic rings. The second-order valence-electron chi connectivity index (χ2n) is 11.6. The van der Waals surface area contributed by atoms with E-state index >= 15 is 0 Å². The Morgan fingerprint density at radius 2 is 1.84 bits per heavy atom. The van der Waals surface area contributed by atoms with Crippen molar-refractivity contribution in [1.82, 2.24) is 19.7 Å². The number of nitrogens with one attached hydrogen (secondary N) is 1. The van der Waals surface area contributed by atoms with Gasteiger partial charge in [-0.15, -0.1) is 0 Å². The van der Waals surface area contributed by atoms with E-state index in [9.17, 15) is 9.18 Å². The van der Waals surface area contributed by atoms with E-state index in [1.165, 1.54) is 24.5 Å². The molecule has 0 aliphatic heterocycles. The monoisotopic (exact) mass is 509 g/mol. The first kappa shape index (κ1) is 23.5. The summed E-state index contributed by atoms with van der Waals surface area (Å²) in [6.07, 6.45) is 14.3. The van der Waals surface area contributed by atoms with E-state index in [0.29, 0.717) is 29.7 Å². The number of halogens is 1. The second kappa shape index (κ2) is 9.29. The molecule has 7 rings (SSSR count). The number of aromatic nitrogens is 4. The summed E-state index contributed by atoms with van der Waals surface area (Å²) < 4.78 is 16.0. The van der Waals surface area contributed by atoms with E-state index in [1.54, 1.807) is 18.3 Å². The van der Waals surface area contributed by atoms with Crippen molar-refractivity contribution in [2.45, 2.75) is 57.4 Å². The summed E-state index contributed by atoms with van der Waals surface area (Å²) in [5.74, 6) is 1.87. The van der Waals surface area contributed by atoms with E-state index in [-0.39, 0.29) is 17.6 Å². The van der Waals surface area contributed by atoms with Gasteiger partial charge < -0.3 is 5.32 Å². The predicted octanol–water partition coefficient (Wildman–Crippen LogP) is 6.76. The largest absolute Gasteiger partial charge is 0.324 e. The Labute approximate surface area is 221 Å². The Morgan fingerprint density at radius 3 is 2.58 bits per heavy atom. The zero-order chi connectivity index (χ0) is 25.8. The summed E-state index contributed by atoms with van der Waals surface area (Å²) in [5.41, 5.74) is 4.69. The van der Waals surface area contributed by atoms with Crippen molar-refractivity contribution in [2.24, 2.45) is 23.7 Å². The van der Waals surface area contributed by atoms with Crippen molar-refractivity contribution in [3.8, 4) is 11.3 Å². The van der Waals surface area contributed by atoms with Gasteiger partial charge in [-0.2, -0.15) is 5.10 Å². The lowest BCUT2D eigenvalue weighted by Gasteiger charge is -2.21. The first-order valence-electron chi connectivity index (χ1n) is 13.9. The van der Waals surface area contributed by atoms with Gasteiger partial charge in [-0.1, -0.05) is 6.92 Å².